The van der Waals surface area contributed by atoms with Crippen LogP contribution in [0.2, 0.25) is 0 Å². The van der Waals surface area contributed by atoms with Crippen LogP contribution in [0.15, 0.2) is 58.4 Å². The molecule has 2 aliphatic rings. The zero-order valence-corrected chi connectivity index (χ0v) is 30.9. The highest BCUT2D eigenvalue weighted by molar-refractivity contribution is 5.92. The molecule has 2 N–H and O–H groups in total. The average molecular weight is 749 g/mol. The van der Waals surface area contributed by atoms with Crippen LogP contribution in [0, 0.1) is 35.3 Å². The van der Waals surface area contributed by atoms with Crippen LogP contribution in [-0.4, -0.2) is 54.5 Å². The number of aliphatic carboxylic acids is 1. The molecule has 288 valence electrons. The number of ether oxygens (including phenoxy) is 2. The van der Waals surface area contributed by atoms with E-state index in [1.807, 2.05) is 0 Å². The molecule has 5 aromatic rings. The number of nitrogens with one attached hydrogen (secondary N) is 1. The van der Waals surface area contributed by atoms with Gasteiger partial charge in [-0.15, -0.1) is 0 Å². The first-order chi connectivity index (χ1) is 25.9. The summed E-state index contributed by atoms with van der Waals surface area (Å²) >= 11 is 0. The van der Waals surface area contributed by atoms with Crippen LogP contribution in [0.3, 0.4) is 0 Å². The van der Waals surface area contributed by atoms with Gasteiger partial charge in [-0.3, -0.25) is 32.8 Å². The molecular formula is C39H46F2N6O7. The third kappa shape index (κ3) is 7.90. The molecule has 3 aromatic heterocycles. The number of carboxylic acids is 1. The molecule has 15 heteroatoms. The zero-order chi connectivity index (χ0) is 38.7. The van der Waals surface area contributed by atoms with Crippen LogP contribution in [0.25, 0.3) is 22.1 Å². The van der Waals surface area contributed by atoms with Gasteiger partial charge in [0.1, 0.15) is 0 Å². The van der Waals surface area contributed by atoms with E-state index >= 15 is 0 Å². The Bertz CT molecular complexity index is 2260. The molecular weight excluding hydrogens is 702 g/mol. The number of amides is 1. The summed E-state index contributed by atoms with van der Waals surface area (Å²) in [5.74, 6) is -1.24. The average Bonchev–Trinajstić information content (AvgIpc) is 3.53. The fourth-order valence-electron chi connectivity index (χ4n) is 7.87. The molecule has 13 nitrogen and oxygen atoms in total. The van der Waals surface area contributed by atoms with Gasteiger partial charge in [0.25, 0.3) is 0 Å². The highest BCUT2D eigenvalue weighted by Crippen LogP contribution is 2.33. The van der Waals surface area contributed by atoms with Crippen molar-refractivity contribution in [2.75, 3.05) is 19.5 Å². The molecule has 0 spiro atoms. The van der Waals surface area contributed by atoms with Crippen molar-refractivity contribution >= 4 is 39.6 Å². The van der Waals surface area contributed by atoms with Gasteiger partial charge in [0.15, 0.2) is 23.1 Å². The number of halogens is 2. The molecule has 0 aliphatic heterocycles. The van der Waals surface area contributed by atoms with Gasteiger partial charge in [0.05, 0.1) is 42.2 Å². The first kappa shape index (κ1) is 38.3. The van der Waals surface area contributed by atoms with E-state index in [2.05, 4.69) is 10.3 Å². The number of anilines is 1. The number of aryl methyl sites for hydroxylation is 2. The van der Waals surface area contributed by atoms with Crippen molar-refractivity contribution < 1.29 is 33.0 Å². The SMILES string of the molecule is COc1cc2c(cc1F)n(C)c(=O)n2CC1CCC(C(=O)Nc2ccncc2)CC1.COc1cc2c(cc1F)n(C)c(=O)n2CC1CCC(C(=O)O)CC1. The van der Waals surface area contributed by atoms with E-state index in [0.29, 0.717) is 48.0 Å². The van der Waals surface area contributed by atoms with Gasteiger partial charge < -0.3 is 19.9 Å². The second kappa shape index (κ2) is 16.3. The van der Waals surface area contributed by atoms with E-state index < -0.39 is 17.6 Å². The van der Waals surface area contributed by atoms with Crippen molar-refractivity contribution in [3.05, 3.63) is 81.4 Å². The van der Waals surface area contributed by atoms with Crippen LogP contribution >= 0.6 is 0 Å². The number of pyridine rings is 1. The highest BCUT2D eigenvalue weighted by atomic mass is 19.1. The predicted molar refractivity (Wildman–Crippen MR) is 199 cm³/mol. The minimum absolute atomic E-state index is 0.0298. The number of hydrogen-bond donors (Lipinski definition) is 2. The minimum Gasteiger partial charge on any atom is -0.494 e. The summed E-state index contributed by atoms with van der Waals surface area (Å²) in [5.41, 5.74) is 2.76. The predicted octanol–water partition coefficient (Wildman–Crippen LogP) is 5.71. The maximum Gasteiger partial charge on any atom is 0.328 e. The number of imidazole rings is 2. The molecule has 2 saturated carbocycles. The molecule has 0 unspecified atom stereocenters. The Morgan fingerprint density at radius 1 is 0.722 bits per heavy atom. The largest absolute Gasteiger partial charge is 0.494 e. The third-order valence-corrected chi connectivity index (χ3v) is 11.1. The lowest BCUT2D eigenvalue weighted by Crippen LogP contribution is -2.30. The van der Waals surface area contributed by atoms with Crippen LogP contribution in [0.1, 0.15) is 51.4 Å². The van der Waals surface area contributed by atoms with Crippen molar-refractivity contribution in [2.24, 2.45) is 37.8 Å². The number of carbonyl (C=O) groups excluding carboxylic acids is 1. The summed E-state index contributed by atoms with van der Waals surface area (Å²) in [6, 6.07) is 9.33. The van der Waals surface area contributed by atoms with Crippen molar-refractivity contribution in [1.82, 2.24) is 23.3 Å². The fraction of sp³-hybridized carbons (Fsp3) is 0.462. The van der Waals surface area contributed by atoms with Crippen LogP contribution in [-0.2, 0) is 36.8 Å². The number of carboxylic acid groups (broad SMARTS) is 1. The molecule has 0 atom stereocenters. The summed E-state index contributed by atoms with van der Waals surface area (Å²) in [4.78, 5) is 52.8. The lowest BCUT2D eigenvalue weighted by atomic mass is 9.81. The first-order valence-corrected chi connectivity index (χ1v) is 18.2. The molecule has 2 aliphatic carbocycles. The molecule has 1 amide bonds. The molecule has 3 heterocycles. The molecule has 0 bridgehead atoms. The van der Waals surface area contributed by atoms with Gasteiger partial charge in [-0.2, -0.15) is 0 Å². The van der Waals surface area contributed by atoms with Gasteiger partial charge in [-0.25, -0.2) is 18.4 Å². The van der Waals surface area contributed by atoms with Gasteiger partial charge in [-0.05, 0) is 75.3 Å². The number of hydrogen-bond acceptors (Lipinski definition) is 7. The molecule has 0 radical (unpaired) electrons. The number of rotatable bonds is 9. The number of carbonyl (C=O) groups is 2. The van der Waals surface area contributed by atoms with Gasteiger partial charge >= 0.3 is 17.3 Å². The van der Waals surface area contributed by atoms with E-state index in [0.717, 1.165) is 44.2 Å². The summed E-state index contributed by atoms with van der Waals surface area (Å²) in [5, 5.41) is 12.0. The maximum absolute atomic E-state index is 14.1. The number of fused-ring (bicyclic) bond motifs is 2. The summed E-state index contributed by atoms with van der Waals surface area (Å²) in [6.45, 7) is 1.06. The monoisotopic (exact) mass is 748 g/mol. The molecule has 2 fully saturated rings. The van der Waals surface area contributed by atoms with Gasteiger partial charge in [0, 0.05) is 75.4 Å². The highest BCUT2D eigenvalue weighted by Gasteiger charge is 2.29. The Labute approximate surface area is 310 Å². The smallest absolute Gasteiger partial charge is 0.328 e. The summed E-state index contributed by atoms with van der Waals surface area (Å²) in [7, 11) is 6.07. The molecule has 0 saturated heterocycles. The number of aromatic nitrogens is 5. The molecule has 2 aromatic carbocycles. The van der Waals surface area contributed by atoms with Gasteiger partial charge in [-0.1, -0.05) is 0 Å². The summed E-state index contributed by atoms with van der Waals surface area (Å²) in [6.07, 6.45) is 9.39. The molecule has 54 heavy (non-hydrogen) atoms. The Morgan fingerprint density at radius 2 is 1.15 bits per heavy atom. The van der Waals surface area contributed by atoms with E-state index in [1.165, 1.54) is 35.5 Å². The summed E-state index contributed by atoms with van der Waals surface area (Å²) < 4.78 is 44.3. The van der Waals surface area contributed by atoms with E-state index in [-0.39, 0.29) is 52.5 Å². The first-order valence-electron chi connectivity index (χ1n) is 18.2. The van der Waals surface area contributed by atoms with Gasteiger partial charge in [0.2, 0.25) is 5.91 Å². The quantitative estimate of drug-likeness (QED) is 0.195. The Kier molecular flexibility index (Phi) is 11.5. The second-order valence-electron chi connectivity index (χ2n) is 14.4. The maximum atomic E-state index is 14.1. The van der Waals surface area contributed by atoms with Crippen molar-refractivity contribution in [1.29, 1.82) is 0 Å². The lowest BCUT2D eigenvalue weighted by molar-refractivity contribution is -0.143. The van der Waals surface area contributed by atoms with Crippen LogP contribution < -0.4 is 26.2 Å². The number of benzene rings is 2. The lowest BCUT2D eigenvalue weighted by Gasteiger charge is -2.28. The Hall–Kier alpha value is -5.47. The van der Waals surface area contributed by atoms with Crippen molar-refractivity contribution in [3.63, 3.8) is 0 Å². The van der Waals surface area contributed by atoms with Crippen LogP contribution in [0.5, 0.6) is 11.5 Å². The van der Waals surface area contributed by atoms with Crippen molar-refractivity contribution in [2.45, 2.75) is 64.5 Å². The van der Waals surface area contributed by atoms with Crippen LogP contribution in [0.4, 0.5) is 14.5 Å². The number of methoxy groups -OCH3 is 2. The molecule has 7 rings (SSSR count). The Morgan fingerprint density at radius 3 is 1.56 bits per heavy atom. The van der Waals surface area contributed by atoms with E-state index in [4.69, 9.17) is 14.6 Å². The van der Waals surface area contributed by atoms with E-state index in [9.17, 15) is 28.0 Å². The van der Waals surface area contributed by atoms with Crippen molar-refractivity contribution in [3.8, 4) is 11.5 Å². The minimum atomic E-state index is -0.740. The second-order valence-corrected chi connectivity index (χ2v) is 14.4. The standard InChI is InChI=1S/C22H25FN4O3.C17H21FN2O4/c1-26-18-11-17(23)20(30-2)12-19(18)27(22(26)29)13-14-3-5-15(6-4-14)21(28)25-16-7-9-24-10-8-16;1-19-13-7-12(18)15(24-2)8-14(13)20(17(19)23)9-10-3-5-11(6-4-10)16(21)22/h7-12,14-15H,3-6,13H2,1-2H3,(H,24,25,28);7-8,10-11H,3-6,9H2,1-2H3,(H,21,22). The Balaban J connectivity index is 0.000000189. The number of nitrogens with zero attached hydrogens (tertiary/aromatic N) is 5. The normalized spacial score (nSPS) is 20.0. The van der Waals surface area contributed by atoms with E-state index in [1.54, 1.807) is 59.9 Å². The topological polar surface area (TPSA) is 152 Å². The fourth-order valence-corrected chi connectivity index (χ4v) is 7.87. The zero-order valence-electron chi connectivity index (χ0n) is 30.9. The third-order valence-electron chi connectivity index (χ3n) is 11.1.